The van der Waals surface area contributed by atoms with Gasteiger partial charge in [-0.3, -0.25) is 9.59 Å². The van der Waals surface area contributed by atoms with Gasteiger partial charge in [0.05, 0.1) is 6.42 Å². The van der Waals surface area contributed by atoms with E-state index in [0.717, 1.165) is 4.47 Å². The second kappa shape index (κ2) is 4.80. The van der Waals surface area contributed by atoms with Crippen LogP contribution in [0.15, 0.2) is 16.7 Å². The molecule has 0 aromatic carbocycles. The fraction of sp³-hybridized carbons (Fsp3) is 0.417. The van der Waals surface area contributed by atoms with Crippen molar-refractivity contribution >= 4 is 33.6 Å². The maximum atomic E-state index is 12.0. The Bertz CT molecular complexity index is 545. The summed E-state index contributed by atoms with van der Waals surface area (Å²) in [6.45, 7) is 3.36. The van der Waals surface area contributed by atoms with Gasteiger partial charge in [-0.25, -0.2) is 4.98 Å². The van der Waals surface area contributed by atoms with Crippen LogP contribution in [0, 0.1) is 5.41 Å². The lowest BCUT2D eigenvalue weighted by molar-refractivity contribution is -0.142. The maximum Gasteiger partial charge on any atom is 0.304 e. The second-order valence-electron chi connectivity index (χ2n) is 5.05. The molecule has 7 heteroatoms. The normalized spacial score (nSPS) is 18.3. The number of carbonyl (C=O) groups excluding carboxylic acids is 1. The molecule has 2 rings (SSSR count). The molecule has 0 fully saturated rings. The van der Waals surface area contributed by atoms with Gasteiger partial charge < -0.3 is 15.2 Å². The highest BCUT2D eigenvalue weighted by molar-refractivity contribution is 9.10. The van der Waals surface area contributed by atoms with Crippen molar-refractivity contribution in [3.8, 4) is 5.75 Å². The molecule has 6 nitrogen and oxygen atoms in total. The van der Waals surface area contributed by atoms with Gasteiger partial charge in [-0.2, -0.15) is 0 Å². The summed E-state index contributed by atoms with van der Waals surface area (Å²) in [5.41, 5.74) is -0.823. The summed E-state index contributed by atoms with van der Waals surface area (Å²) in [6.07, 6.45) is 0.514. The van der Waals surface area contributed by atoms with Crippen molar-refractivity contribution in [3.05, 3.63) is 16.7 Å². The molecule has 0 bridgehead atoms. The minimum absolute atomic E-state index is 0.165. The maximum absolute atomic E-state index is 12.0. The SMILES string of the molecule is CC(C)(CC(=O)O)C1Oc2cc(Br)cnc2NC1=O. The Morgan fingerprint density at radius 3 is 2.95 bits per heavy atom. The lowest BCUT2D eigenvalue weighted by Gasteiger charge is -2.35. The second-order valence-corrected chi connectivity index (χ2v) is 5.96. The van der Waals surface area contributed by atoms with Crippen LogP contribution in [0.1, 0.15) is 20.3 Å². The minimum atomic E-state index is -0.973. The number of pyridine rings is 1. The molecule has 2 heterocycles. The third-order valence-electron chi connectivity index (χ3n) is 2.86. The van der Waals surface area contributed by atoms with Crippen molar-refractivity contribution in [3.63, 3.8) is 0 Å². The fourth-order valence-corrected chi connectivity index (χ4v) is 2.27. The highest BCUT2D eigenvalue weighted by Gasteiger charge is 2.42. The topological polar surface area (TPSA) is 88.5 Å². The molecule has 1 atom stereocenters. The van der Waals surface area contributed by atoms with Crippen LogP contribution < -0.4 is 10.1 Å². The lowest BCUT2D eigenvalue weighted by Crippen LogP contribution is -2.48. The number of halogens is 1. The number of carboxylic acids is 1. The summed E-state index contributed by atoms with van der Waals surface area (Å²) in [4.78, 5) is 26.9. The Labute approximate surface area is 118 Å². The van der Waals surface area contributed by atoms with Crippen LogP contribution in [0.3, 0.4) is 0 Å². The van der Waals surface area contributed by atoms with Gasteiger partial charge in [0.25, 0.3) is 5.91 Å². The molecule has 1 amide bonds. The van der Waals surface area contributed by atoms with E-state index in [1.807, 2.05) is 0 Å². The number of hydrogen-bond acceptors (Lipinski definition) is 4. The Balaban J connectivity index is 2.30. The molecular weight excluding hydrogens is 316 g/mol. The van der Waals surface area contributed by atoms with Crippen LogP contribution in [0.25, 0.3) is 0 Å². The van der Waals surface area contributed by atoms with Gasteiger partial charge in [0.15, 0.2) is 17.7 Å². The van der Waals surface area contributed by atoms with Crippen LogP contribution in [0.2, 0.25) is 0 Å². The van der Waals surface area contributed by atoms with Crippen LogP contribution in [-0.4, -0.2) is 28.1 Å². The van der Waals surface area contributed by atoms with E-state index in [4.69, 9.17) is 9.84 Å². The standard InChI is InChI=1S/C12H13BrN2O4/c1-12(2,4-8(16)17)9-11(18)15-10-7(19-9)3-6(13)5-14-10/h3,5,9H,4H2,1-2H3,(H,16,17)(H,14,15,18). The number of amides is 1. The summed E-state index contributed by atoms with van der Waals surface area (Å²) in [7, 11) is 0. The van der Waals surface area contributed by atoms with Crippen molar-refractivity contribution in [2.45, 2.75) is 26.4 Å². The van der Waals surface area contributed by atoms with E-state index in [1.54, 1.807) is 26.1 Å². The molecule has 19 heavy (non-hydrogen) atoms. The van der Waals surface area contributed by atoms with Gasteiger partial charge in [-0.1, -0.05) is 13.8 Å². The van der Waals surface area contributed by atoms with Gasteiger partial charge in [0.1, 0.15) is 0 Å². The van der Waals surface area contributed by atoms with E-state index in [-0.39, 0.29) is 12.3 Å². The van der Waals surface area contributed by atoms with Crippen LogP contribution >= 0.6 is 15.9 Å². The Morgan fingerprint density at radius 2 is 2.32 bits per heavy atom. The first-order valence-electron chi connectivity index (χ1n) is 5.64. The van der Waals surface area contributed by atoms with Gasteiger partial charge in [0.2, 0.25) is 0 Å². The van der Waals surface area contributed by atoms with Crippen LogP contribution in [0.5, 0.6) is 5.75 Å². The smallest absolute Gasteiger partial charge is 0.304 e. The Kier molecular flexibility index (Phi) is 3.49. The quantitative estimate of drug-likeness (QED) is 0.886. The van der Waals surface area contributed by atoms with Gasteiger partial charge >= 0.3 is 5.97 Å². The van der Waals surface area contributed by atoms with Crippen molar-refractivity contribution in [1.82, 2.24) is 4.98 Å². The van der Waals surface area contributed by atoms with Gasteiger partial charge in [0, 0.05) is 16.1 Å². The first kappa shape index (κ1) is 13.8. The van der Waals surface area contributed by atoms with E-state index >= 15 is 0 Å². The largest absolute Gasteiger partial charge is 0.481 e. The molecule has 1 aromatic rings. The summed E-state index contributed by atoms with van der Waals surface area (Å²) < 4.78 is 6.34. The fourth-order valence-electron chi connectivity index (χ4n) is 1.96. The first-order valence-corrected chi connectivity index (χ1v) is 6.44. The van der Waals surface area contributed by atoms with Crippen LogP contribution in [0.4, 0.5) is 5.82 Å². The molecule has 1 aromatic heterocycles. The minimum Gasteiger partial charge on any atom is -0.481 e. The molecule has 0 radical (unpaired) electrons. The van der Waals surface area contributed by atoms with Crippen molar-refractivity contribution in [2.24, 2.45) is 5.41 Å². The zero-order valence-corrected chi connectivity index (χ0v) is 12.0. The number of nitrogens with zero attached hydrogens (tertiary/aromatic N) is 1. The predicted octanol–water partition coefficient (Wildman–Crippen LogP) is 2.04. The summed E-state index contributed by atoms with van der Waals surface area (Å²) in [5.74, 6) is -0.582. The predicted molar refractivity (Wildman–Crippen MR) is 71.0 cm³/mol. The molecule has 2 N–H and O–H groups in total. The van der Waals surface area contributed by atoms with Crippen molar-refractivity contribution in [2.75, 3.05) is 5.32 Å². The highest BCUT2D eigenvalue weighted by Crippen LogP contribution is 2.36. The number of rotatable bonds is 3. The molecule has 0 saturated heterocycles. The first-order chi connectivity index (χ1) is 8.79. The summed E-state index contributed by atoms with van der Waals surface area (Å²) in [5, 5.41) is 11.5. The molecule has 1 aliphatic rings. The zero-order valence-electron chi connectivity index (χ0n) is 10.4. The Morgan fingerprint density at radius 1 is 1.63 bits per heavy atom. The number of hydrogen-bond donors (Lipinski definition) is 2. The van der Waals surface area contributed by atoms with Gasteiger partial charge in [-0.05, 0) is 22.0 Å². The van der Waals surface area contributed by atoms with E-state index in [1.165, 1.54) is 0 Å². The number of aliphatic carboxylic acids is 1. The highest BCUT2D eigenvalue weighted by atomic mass is 79.9. The summed E-state index contributed by atoms with van der Waals surface area (Å²) in [6, 6.07) is 1.69. The average molecular weight is 329 g/mol. The molecule has 0 saturated carbocycles. The molecule has 1 aliphatic heterocycles. The molecule has 0 spiro atoms. The number of fused-ring (bicyclic) bond motifs is 1. The number of aromatic nitrogens is 1. The van der Waals surface area contributed by atoms with E-state index in [9.17, 15) is 9.59 Å². The van der Waals surface area contributed by atoms with E-state index < -0.39 is 17.5 Å². The number of carboxylic acid groups (broad SMARTS) is 1. The average Bonchev–Trinajstić information content (AvgIpc) is 2.27. The van der Waals surface area contributed by atoms with Crippen LogP contribution in [-0.2, 0) is 9.59 Å². The third kappa shape index (κ3) is 2.86. The number of nitrogens with one attached hydrogen (secondary N) is 1. The number of ether oxygens (including phenoxy) is 1. The molecule has 102 valence electrons. The molecular formula is C12H13BrN2O4. The monoisotopic (exact) mass is 328 g/mol. The number of anilines is 1. The van der Waals surface area contributed by atoms with Crippen molar-refractivity contribution in [1.29, 1.82) is 0 Å². The lowest BCUT2D eigenvalue weighted by atomic mass is 9.82. The van der Waals surface area contributed by atoms with Crippen molar-refractivity contribution < 1.29 is 19.4 Å². The van der Waals surface area contributed by atoms with E-state index in [2.05, 4.69) is 26.2 Å². The molecule has 0 aliphatic carbocycles. The van der Waals surface area contributed by atoms with E-state index in [0.29, 0.717) is 11.6 Å². The summed E-state index contributed by atoms with van der Waals surface area (Å²) >= 11 is 3.27. The molecule has 1 unspecified atom stereocenters. The zero-order chi connectivity index (χ0) is 14.2. The number of carbonyl (C=O) groups is 2. The Hall–Kier alpha value is -1.63. The third-order valence-corrected chi connectivity index (χ3v) is 3.29. The van der Waals surface area contributed by atoms with Gasteiger partial charge in [-0.15, -0.1) is 0 Å².